The lowest BCUT2D eigenvalue weighted by atomic mass is 9.76. The van der Waals surface area contributed by atoms with Gasteiger partial charge in [0.2, 0.25) is 0 Å². The van der Waals surface area contributed by atoms with Gasteiger partial charge >= 0.3 is 5.63 Å². The first-order valence-corrected chi connectivity index (χ1v) is 10.8. The molecule has 0 saturated carbocycles. The van der Waals surface area contributed by atoms with E-state index >= 15 is 0 Å². The number of para-hydroxylation sites is 1. The van der Waals surface area contributed by atoms with E-state index in [1.807, 2.05) is 47.4 Å². The van der Waals surface area contributed by atoms with Crippen LogP contribution in [0.5, 0.6) is 0 Å². The highest BCUT2D eigenvalue weighted by molar-refractivity contribution is 5.95. The van der Waals surface area contributed by atoms with Crippen molar-refractivity contribution in [2.75, 3.05) is 26.2 Å². The van der Waals surface area contributed by atoms with Crippen molar-refractivity contribution in [2.45, 2.75) is 25.4 Å². The lowest BCUT2D eigenvalue weighted by molar-refractivity contribution is 0.0502. The zero-order chi connectivity index (χ0) is 21.4. The predicted molar refractivity (Wildman–Crippen MR) is 126 cm³/mol. The number of halogens is 1. The zero-order valence-corrected chi connectivity index (χ0v) is 18.6. The molecule has 2 fully saturated rings. The van der Waals surface area contributed by atoms with Gasteiger partial charge in [-0.3, -0.25) is 4.79 Å². The van der Waals surface area contributed by atoms with Gasteiger partial charge in [-0.25, -0.2) is 4.79 Å². The van der Waals surface area contributed by atoms with Crippen molar-refractivity contribution in [3.8, 4) is 11.1 Å². The minimum absolute atomic E-state index is 0. The smallest absolute Gasteiger partial charge is 0.344 e. The van der Waals surface area contributed by atoms with Gasteiger partial charge in [0.05, 0.1) is 18.3 Å². The number of rotatable bonds is 3. The van der Waals surface area contributed by atoms with Crippen molar-refractivity contribution in [3.63, 3.8) is 0 Å². The standard InChI is InChI=1S/C25H26N2O4.ClH/c26-15-20-14-25(16-30-20)8-10-27(11-9-25)23(28)19-6-3-5-17(12-19)21-13-18-4-1-2-7-22(18)31-24(21)29;/h1-7,12-13,20H,8-11,14-16,26H2;1H. The Morgan fingerprint density at radius 1 is 1.09 bits per heavy atom. The fraction of sp³-hybridized carbons (Fsp3) is 0.360. The molecule has 1 unspecified atom stereocenters. The first kappa shape index (κ1) is 22.5. The Morgan fingerprint density at radius 2 is 1.88 bits per heavy atom. The second-order valence-electron chi connectivity index (χ2n) is 8.73. The molecule has 2 N–H and O–H groups in total. The molecule has 5 rings (SSSR count). The van der Waals surface area contributed by atoms with Crippen molar-refractivity contribution >= 4 is 29.3 Å². The van der Waals surface area contributed by atoms with Gasteiger partial charge in [-0.15, -0.1) is 12.4 Å². The van der Waals surface area contributed by atoms with Crippen LogP contribution in [0.4, 0.5) is 0 Å². The summed E-state index contributed by atoms with van der Waals surface area (Å²) >= 11 is 0. The van der Waals surface area contributed by atoms with Gasteiger partial charge < -0.3 is 19.8 Å². The van der Waals surface area contributed by atoms with Crippen LogP contribution in [0.2, 0.25) is 0 Å². The zero-order valence-electron chi connectivity index (χ0n) is 17.8. The maximum Gasteiger partial charge on any atom is 0.344 e. The van der Waals surface area contributed by atoms with Crippen LogP contribution >= 0.6 is 12.4 Å². The molecule has 6 nitrogen and oxygen atoms in total. The molecule has 1 amide bonds. The van der Waals surface area contributed by atoms with E-state index in [2.05, 4.69) is 0 Å². The van der Waals surface area contributed by atoms with Crippen LogP contribution in [0, 0.1) is 5.41 Å². The summed E-state index contributed by atoms with van der Waals surface area (Å²) in [7, 11) is 0. The SMILES string of the molecule is Cl.NCC1CC2(CCN(C(=O)c3cccc(-c4cc5ccccc5oc4=O)c3)CC2)CO1. The molecule has 32 heavy (non-hydrogen) atoms. The van der Waals surface area contributed by atoms with Gasteiger partial charge in [-0.1, -0.05) is 30.3 Å². The monoisotopic (exact) mass is 454 g/mol. The Labute approximate surface area is 192 Å². The number of fused-ring (bicyclic) bond motifs is 1. The van der Waals surface area contributed by atoms with Crippen LogP contribution in [0.3, 0.4) is 0 Å². The van der Waals surface area contributed by atoms with Gasteiger partial charge in [0.15, 0.2) is 0 Å². The fourth-order valence-electron chi connectivity index (χ4n) is 4.84. The second-order valence-corrected chi connectivity index (χ2v) is 8.73. The van der Waals surface area contributed by atoms with Crippen LogP contribution in [-0.4, -0.2) is 43.2 Å². The lowest BCUT2D eigenvalue weighted by Crippen LogP contribution is -2.43. The van der Waals surface area contributed by atoms with Gasteiger partial charge in [-0.05, 0) is 54.5 Å². The number of hydrogen-bond acceptors (Lipinski definition) is 5. The van der Waals surface area contributed by atoms with Gasteiger partial charge in [0.1, 0.15) is 5.58 Å². The minimum atomic E-state index is -0.404. The minimum Gasteiger partial charge on any atom is -0.422 e. The maximum atomic E-state index is 13.2. The van der Waals surface area contributed by atoms with Crippen molar-refractivity contribution in [3.05, 3.63) is 70.6 Å². The molecule has 2 aromatic carbocycles. The fourth-order valence-corrected chi connectivity index (χ4v) is 4.84. The number of hydrogen-bond donors (Lipinski definition) is 1. The van der Waals surface area contributed by atoms with Gasteiger partial charge in [0, 0.05) is 30.6 Å². The molecule has 0 aliphatic carbocycles. The van der Waals surface area contributed by atoms with Crippen LogP contribution in [0.25, 0.3) is 22.1 Å². The van der Waals surface area contributed by atoms with E-state index in [1.54, 1.807) is 12.1 Å². The van der Waals surface area contributed by atoms with Crippen molar-refractivity contribution < 1.29 is 13.9 Å². The molecule has 1 spiro atoms. The topological polar surface area (TPSA) is 85.8 Å². The molecule has 1 aromatic heterocycles. The second kappa shape index (κ2) is 9.06. The van der Waals surface area contributed by atoms with Gasteiger partial charge in [-0.2, -0.15) is 0 Å². The molecule has 0 radical (unpaired) electrons. The summed E-state index contributed by atoms with van der Waals surface area (Å²) in [4.78, 5) is 27.6. The Kier molecular flexibility index (Phi) is 6.38. The number of nitrogens with zero attached hydrogens (tertiary/aromatic N) is 1. The van der Waals surface area contributed by atoms with Crippen molar-refractivity contribution in [1.29, 1.82) is 0 Å². The van der Waals surface area contributed by atoms with E-state index in [9.17, 15) is 9.59 Å². The molecule has 3 aromatic rings. The molecule has 1 atom stereocenters. The summed E-state index contributed by atoms with van der Waals surface area (Å²) < 4.78 is 11.3. The third-order valence-corrected chi connectivity index (χ3v) is 6.72. The molecular formula is C25H27ClN2O4. The Bertz CT molecular complexity index is 1180. The first-order chi connectivity index (χ1) is 15.1. The third kappa shape index (κ3) is 4.18. The number of amides is 1. The Hall–Kier alpha value is -2.67. The largest absolute Gasteiger partial charge is 0.422 e. The van der Waals surface area contributed by atoms with E-state index in [0.717, 1.165) is 31.3 Å². The number of ether oxygens (including phenoxy) is 1. The first-order valence-electron chi connectivity index (χ1n) is 10.8. The summed E-state index contributed by atoms with van der Waals surface area (Å²) in [5, 5.41) is 0.852. The third-order valence-electron chi connectivity index (χ3n) is 6.72. The molecule has 0 bridgehead atoms. The quantitative estimate of drug-likeness (QED) is 0.607. The van der Waals surface area contributed by atoms with Crippen LogP contribution in [0.15, 0.2) is 63.8 Å². The van der Waals surface area contributed by atoms with E-state index < -0.39 is 5.63 Å². The molecular weight excluding hydrogens is 428 g/mol. The molecule has 2 saturated heterocycles. The molecule has 7 heteroatoms. The normalized spacial score (nSPS) is 19.8. The summed E-state index contributed by atoms with van der Waals surface area (Å²) in [5.74, 6) is -0.00355. The van der Waals surface area contributed by atoms with Crippen LogP contribution in [0.1, 0.15) is 29.6 Å². The van der Waals surface area contributed by atoms with E-state index in [-0.39, 0.29) is 29.8 Å². The Balaban J connectivity index is 0.00000245. The predicted octanol–water partition coefficient (Wildman–Crippen LogP) is 3.85. The maximum absolute atomic E-state index is 13.2. The van der Waals surface area contributed by atoms with Crippen molar-refractivity contribution in [1.82, 2.24) is 4.90 Å². The molecule has 168 valence electrons. The molecule has 2 aliphatic heterocycles. The molecule has 2 aliphatic rings. The van der Waals surface area contributed by atoms with Gasteiger partial charge in [0.25, 0.3) is 5.91 Å². The summed E-state index contributed by atoms with van der Waals surface area (Å²) in [6.07, 6.45) is 3.00. The summed E-state index contributed by atoms with van der Waals surface area (Å²) in [5.41, 5.74) is 7.81. The lowest BCUT2D eigenvalue weighted by Gasteiger charge is -2.38. The number of benzene rings is 2. The van der Waals surface area contributed by atoms with Crippen LogP contribution < -0.4 is 11.4 Å². The van der Waals surface area contributed by atoms with Crippen LogP contribution in [-0.2, 0) is 4.74 Å². The number of carbonyl (C=O) groups excluding carboxylic acids is 1. The number of carbonyl (C=O) groups is 1. The van der Waals surface area contributed by atoms with E-state index in [1.165, 1.54) is 0 Å². The average molecular weight is 455 g/mol. The summed E-state index contributed by atoms with van der Waals surface area (Å²) in [6, 6.07) is 16.5. The van der Waals surface area contributed by atoms with E-state index in [0.29, 0.717) is 41.9 Å². The highest BCUT2D eigenvalue weighted by atomic mass is 35.5. The van der Waals surface area contributed by atoms with E-state index in [4.69, 9.17) is 14.9 Å². The summed E-state index contributed by atoms with van der Waals surface area (Å²) in [6.45, 7) is 2.72. The Morgan fingerprint density at radius 3 is 2.62 bits per heavy atom. The highest BCUT2D eigenvalue weighted by Crippen LogP contribution is 2.42. The van der Waals surface area contributed by atoms with Crippen molar-refractivity contribution in [2.24, 2.45) is 11.1 Å². The molecule has 3 heterocycles. The number of piperidine rings is 1. The number of likely N-dealkylation sites (tertiary alicyclic amines) is 1. The number of nitrogens with two attached hydrogens (primary N) is 1. The average Bonchev–Trinajstić information content (AvgIpc) is 3.21. The highest BCUT2D eigenvalue weighted by Gasteiger charge is 2.42.